The lowest BCUT2D eigenvalue weighted by Gasteiger charge is -2.22. The smallest absolute Gasteiger partial charge is 0.261 e. The molecule has 2 aromatic carbocycles. The molecule has 0 fully saturated rings. The molecule has 0 unspecified atom stereocenters. The molecule has 0 saturated carbocycles. The fraction of sp³-hybridized carbons (Fsp3) is 0.235. The Hall–Kier alpha value is -2.39. The minimum atomic E-state index is -3.83. The van der Waals surface area contributed by atoms with Gasteiger partial charge >= 0.3 is 0 Å². The predicted octanol–water partition coefficient (Wildman–Crippen LogP) is 2.94. The Morgan fingerprint density at radius 2 is 1.81 bits per heavy atom. The lowest BCUT2D eigenvalue weighted by molar-refractivity contribution is -0.115. The van der Waals surface area contributed by atoms with Crippen LogP contribution < -0.4 is 19.5 Å². The zero-order valence-corrected chi connectivity index (χ0v) is 16.0. The third kappa shape index (κ3) is 3.58. The second-order valence-electron chi connectivity index (χ2n) is 5.58. The minimum Gasteiger partial charge on any atom is -0.493 e. The average Bonchev–Trinajstić information content (AvgIpc) is 2.61. The molecule has 0 aromatic heterocycles. The van der Waals surface area contributed by atoms with Gasteiger partial charge in [-0.1, -0.05) is 0 Å². The van der Waals surface area contributed by atoms with Crippen molar-refractivity contribution in [3.05, 3.63) is 36.4 Å². The van der Waals surface area contributed by atoms with Gasteiger partial charge in [0.25, 0.3) is 10.0 Å². The summed E-state index contributed by atoms with van der Waals surface area (Å²) in [6.45, 7) is 1.80. The summed E-state index contributed by atoms with van der Waals surface area (Å²) in [4.78, 5) is 12.7. The van der Waals surface area contributed by atoms with E-state index >= 15 is 0 Å². The number of methoxy groups -OCH3 is 2. The van der Waals surface area contributed by atoms with Crippen LogP contribution in [0.3, 0.4) is 0 Å². The molecular weight excluding hydrogens is 376 g/mol. The summed E-state index contributed by atoms with van der Waals surface area (Å²) in [5, 5.41) is 2.52. The highest BCUT2D eigenvalue weighted by atomic mass is 32.2. The summed E-state index contributed by atoms with van der Waals surface area (Å²) in [7, 11) is -0.854. The number of carbonyl (C=O) groups excluding carboxylic acids is 1. The maximum Gasteiger partial charge on any atom is 0.261 e. The van der Waals surface area contributed by atoms with Crippen LogP contribution in [0.15, 0.2) is 46.2 Å². The van der Waals surface area contributed by atoms with Crippen molar-refractivity contribution in [2.45, 2.75) is 22.0 Å². The first-order chi connectivity index (χ1) is 12.3. The molecule has 2 N–H and O–H groups in total. The molecule has 138 valence electrons. The molecule has 9 heteroatoms. The number of benzene rings is 2. The van der Waals surface area contributed by atoms with Gasteiger partial charge in [0.15, 0.2) is 11.5 Å². The summed E-state index contributed by atoms with van der Waals surface area (Å²) in [5.74, 6) is 0.763. The van der Waals surface area contributed by atoms with Crippen molar-refractivity contribution in [2.24, 2.45) is 0 Å². The Morgan fingerprint density at radius 3 is 2.50 bits per heavy atom. The summed E-state index contributed by atoms with van der Waals surface area (Å²) in [6.07, 6.45) is 0. The number of hydrogen-bond donors (Lipinski definition) is 2. The number of nitrogens with one attached hydrogen (secondary N) is 2. The van der Waals surface area contributed by atoms with Gasteiger partial charge in [0.05, 0.1) is 35.7 Å². The second kappa shape index (κ2) is 7.08. The van der Waals surface area contributed by atoms with Gasteiger partial charge in [-0.25, -0.2) is 8.42 Å². The number of carbonyl (C=O) groups is 1. The first kappa shape index (κ1) is 18.4. The zero-order chi connectivity index (χ0) is 18.9. The Bertz CT molecular complexity index is 960. The molecule has 0 radical (unpaired) electrons. The number of ether oxygens (including phenoxy) is 2. The molecule has 3 rings (SSSR count). The fourth-order valence-electron chi connectivity index (χ4n) is 2.47. The standard InChI is InChI=1S/C17H18N2O5S2/c1-10-17(20)18-13-9-12(5-7-16(13)25-10)26(21,22)19-11-4-6-14(23-2)15(8-11)24-3/h4-10,19H,1-3H3,(H,18,20)/t10-/m0/s1. The number of thioether (sulfide) groups is 1. The van der Waals surface area contributed by atoms with Crippen LogP contribution in [-0.4, -0.2) is 33.8 Å². The van der Waals surface area contributed by atoms with E-state index in [1.165, 1.54) is 44.2 Å². The molecule has 0 spiro atoms. The van der Waals surface area contributed by atoms with Crippen LogP contribution in [0.1, 0.15) is 6.92 Å². The Kier molecular flexibility index (Phi) is 5.01. The highest BCUT2D eigenvalue weighted by Crippen LogP contribution is 2.37. The van der Waals surface area contributed by atoms with Crippen LogP contribution in [0.4, 0.5) is 11.4 Å². The number of hydrogen-bond acceptors (Lipinski definition) is 6. The average molecular weight is 394 g/mol. The van der Waals surface area contributed by atoms with Crippen LogP contribution >= 0.6 is 11.8 Å². The van der Waals surface area contributed by atoms with E-state index in [1.807, 2.05) is 0 Å². The molecule has 0 saturated heterocycles. The van der Waals surface area contributed by atoms with Gasteiger partial charge in [0.2, 0.25) is 5.91 Å². The molecule has 2 aromatic rings. The summed E-state index contributed by atoms with van der Waals surface area (Å²) in [6, 6.07) is 9.39. The minimum absolute atomic E-state index is 0.0569. The van der Waals surface area contributed by atoms with Crippen LogP contribution in [-0.2, 0) is 14.8 Å². The molecule has 1 atom stereocenters. The number of anilines is 2. The van der Waals surface area contributed by atoms with Crippen molar-refractivity contribution in [1.82, 2.24) is 0 Å². The number of amides is 1. The van der Waals surface area contributed by atoms with Crippen LogP contribution in [0.5, 0.6) is 11.5 Å². The van der Waals surface area contributed by atoms with Gasteiger partial charge in [0.1, 0.15) is 0 Å². The predicted molar refractivity (Wildman–Crippen MR) is 101 cm³/mol. The molecule has 0 aliphatic carbocycles. The summed E-state index contributed by atoms with van der Waals surface area (Å²) < 4.78 is 38.2. The van der Waals surface area contributed by atoms with E-state index in [2.05, 4.69) is 10.0 Å². The fourth-order valence-corrected chi connectivity index (χ4v) is 4.47. The van der Waals surface area contributed by atoms with Crippen molar-refractivity contribution in [1.29, 1.82) is 0 Å². The highest BCUT2D eigenvalue weighted by molar-refractivity contribution is 8.01. The third-order valence-electron chi connectivity index (χ3n) is 3.83. The van der Waals surface area contributed by atoms with E-state index in [9.17, 15) is 13.2 Å². The van der Waals surface area contributed by atoms with E-state index in [1.54, 1.807) is 25.1 Å². The molecule has 1 heterocycles. The van der Waals surface area contributed by atoms with E-state index in [-0.39, 0.29) is 16.1 Å². The zero-order valence-electron chi connectivity index (χ0n) is 14.4. The van der Waals surface area contributed by atoms with Gasteiger partial charge in [-0.05, 0) is 37.3 Å². The third-order valence-corrected chi connectivity index (χ3v) is 6.38. The second-order valence-corrected chi connectivity index (χ2v) is 8.65. The van der Waals surface area contributed by atoms with Gasteiger partial charge in [-0.2, -0.15) is 0 Å². The van der Waals surface area contributed by atoms with Crippen LogP contribution in [0.25, 0.3) is 0 Å². The van der Waals surface area contributed by atoms with Gasteiger partial charge < -0.3 is 14.8 Å². The molecule has 26 heavy (non-hydrogen) atoms. The first-order valence-electron chi connectivity index (χ1n) is 7.70. The Balaban J connectivity index is 1.89. The Morgan fingerprint density at radius 1 is 1.08 bits per heavy atom. The highest BCUT2D eigenvalue weighted by Gasteiger charge is 2.25. The van der Waals surface area contributed by atoms with E-state index in [0.717, 1.165) is 4.90 Å². The molecule has 1 aliphatic rings. The van der Waals surface area contributed by atoms with Gasteiger partial charge in [-0.15, -0.1) is 11.8 Å². The largest absolute Gasteiger partial charge is 0.493 e. The van der Waals surface area contributed by atoms with E-state index in [4.69, 9.17) is 9.47 Å². The van der Waals surface area contributed by atoms with Crippen molar-refractivity contribution in [3.8, 4) is 11.5 Å². The summed E-state index contributed by atoms with van der Waals surface area (Å²) >= 11 is 1.39. The molecule has 0 bridgehead atoms. The summed E-state index contributed by atoms with van der Waals surface area (Å²) in [5.41, 5.74) is 0.834. The normalized spacial score (nSPS) is 16.4. The number of rotatable bonds is 5. The first-order valence-corrected chi connectivity index (χ1v) is 10.1. The van der Waals surface area contributed by atoms with Crippen molar-refractivity contribution < 1.29 is 22.7 Å². The van der Waals surface area contributed by atoms with Crippen molar-refractivity contribution >= 4 is 39.1 Å². The maximum atomic E-state index is 12.7. The van der Waals surface area contributed by atoms with Crippen molar-refractivity contribution in [3.63, 3.8) is 0 Å². The van der Waals surface area contributed by atoms with E-state index in [0.29, 0.717) is 22.9 Å². The molecular formula is C17H18N2O5S2. The topological polar surface area (TPSA) is 93.7 Å². The number of sulfonamides is 1. The lowest BCUT2D eigenvalue weighted by Crippen LogP contribution is -2.26. The molecule has 7 nitrogen and oxygen atoms in total. The van der Waals surface area contributed by atoms with Gasteiger partial charge in [0, 0.05) is 11.0 Å². The van der Waals surface area contributed by atoms with Crippen molar-refractivity contribution in [2.75, 3.05) is 24.3 Å². The van der Waals surface area contributed by atoms with Gasteiger partial charge in [-0.3, -0.25) is 9.52 Å². The number of fused-ring (bicyclic) bond motifs is 1. The Labute approximate surface area is 156 Å². The SMILES string of the molecule is COc1ccc(NS(=O)(=O)c2ccc3c(c2)NC(=O)[C@H](C)S3)cc1OC. The lowest BCUT2D eigenvalue weighted by atomic mass is 10.3. The quantitative estimate of drug-likeness (QED) is 0.810. The van der Waals surface area contributed by atoms with E-state index < -0.39 is 10.0 Å². The van der Waals surface area contributed by atoms with Crippen LogP contribution in [0, 0.1) is 0 Å². The molecule has 1 aliphatic heterocycles. The van der Waals surface area contributed by atoms with Crippen LogP contribution in [0.2, 0.25) is 0 Å². The monoisotopic (exact) mass is 394 g/mol. The maximum absolute atomic E-state index is 12.7. The molecule has 1 amide bonds.